The molecule has 0 saturated carbocycles. The van der Waals surface area contributed by atoms with Crippen LogP contribution in [-0.2, 0) is 14.3 Å². The van der Waals surface area contributed by atoms with Crippen molar-refractivity contribution in [2.24, 2.45) is 0 Å². The van der Waals surface area contributed by atoms with E-state index in [4.69, 9.17) is 4.74 Å². The fraction of sp³-hybridized carbons (Fsp3) is 0.200. The van der Waals surface area contributed by atoms with E-state index in [1.165, 1.54) is 19.2 Å². The highest BCUT2D eigenvalue weighted by Crippen LogP contribution is 2.32. The minimum absolute atomic E-state index is 0.0688. The maximum absolute atomic E-state index is 13.4. The van der Waals surface area contributed by atoms with E-state index in [0.29, 0.717) is 19.6 Å². The summed E-state index contributed by atoms with van der Waals surface area (Å²) in [5.74, 6) is -0.164. The van der Waals surface area contributed by atoms with Crippen molar-refractivity contribution < 1.29 is 23.5 Å². The molecule has 9 nitrogen and oxygen atoms in total. The Balaban J connectivity index is 1.22. The van der Waals surface area contributed by atoms with E-state index in [2.05, 4.69) is 25.2 Å². The van der Waals surface area contributed by atoms with Crippen LogP contribution in [0.25, 0.3) is 39.3 Å². The van der Waals surface area contributed by atoms with Crippen LogP contribution in [0, 0.1) is 5.82 Å². The Kier molecular flexibility index (Phi) is 8.15. The summed E-state index contributed by atoms with van der Waals surface area (Å²) in [6, 6.07) is 18.0. The molecule has 40 heavy (non-hydrogen) atoms. The fourth-order valence-corrected chi connectivity index (χ4v) is 4.31. The number of carbonyl (C=O) groups excluding carboxylic acids is 2. The number of rotatable bonds is 11. The Morgan fingerprint density at radius 2 is 1.73 bits per heavy atom. The van der Waals surface area contributed by atoms with E-state index in [-0.39, 0.29) is 24.6 Å². The third-order valence-corrected chi connectivity index (χ3v) is 6.42. The molecule has 0 aliphatic heterocycles. The highest BCUT2D eigenvalue weighted by Gasteiger charge is 2.14. The van der Waals surface area contributed by atoms with Crippen LogP contribution in [-0.4, -0.2) is 51.7 Å². The van der Waals surface area contributed by atoms with Gasteiger partial charge >= 0.3 is 5.97 Å². The number of fused-ring (bicyclic) bond motifs is 1. The molecule has 10 heteroatoms. The molecule has 0 spiro atoms. The zero-order chi connectivity index (χ0) is 27.9. The first-order valence-electron chi connectivity index (χ1n) is 12.9. The summed E-state index contributed by atoms with van der Waals surface area (Å²) in [6.45, 7) is 0.901. The quantitative estimate of drug-likeness (QED) is 0.179. The number of halogens is 1. The Hall–Kier alpha value is -4.99. The molecule has 204 valence electrons. The van der Waals surface area contributed by atoms with Crippen molar-refractivity contribution in [1.82, 2.24) is 24.9 Å². The summed E-state index contributed by atoms with van der Waals surface area (Å²) in [7, 11) is 1.30. The van der Waals surface area contributed by atoms with Gasteiger partial charge in [0.05, 0.1) is 37.7 Å². The lowest BCUT2D eigenvalue weighted by molar-refractivity contribution is -0.142. The number of nitrogens with one attached hydrogen (secondary N) is 2. The standard InChI is InChI=1S/C30H28FN5O4/c1-39-29(38)14-13-28(37)32-15-2-16-40-24-10-5-20(6-11-24)26-18-33-27-12-7-22(19-36(26)27)25-17-34-35-30(25)21-3-8-23(31)9-4-21/h3-12,17-19H,2,13-16H2,1H3,(H,32,37)(H,34,35). The second-order valence-electron chi connectivity index (χ2n) is 9.10. The van der Waals surface area contributed by atoms with Gasteiger partial charge in [-0.1, -0.05) is 0 Å². The number of imidazole rings is 1. The largest absolute Gasteiger partial charge is 0.494 e. The third kappa shape index (κ3) is 6.17. The van der Waals surface area contributed by atoms with Gasteiger partial charge in [-0.2, -0.15) is 5.10 Å². The summed E-state index contributed by atoms with van der Waals surface area (Å²) in [6.07, 6.45) is 6.48. The Bertz CT molecular complexity index is 1610. The lowest BCUT2D eigenvalue weighted by Crippen LogP contribution is -2.26. The van der Waals surface area contributed by atoms with E-state index in [1.54, 1.807) is 12.1 Å². The highest BCUT2D eigenvalue weighted by molar-refractivity contribution is 5.82. The van der Waals surface area contributed by atoms with Gasteiger partial charge in [0, 0.05) is 47.6 Å². The molecule has 0 saturated heterocycles. The van der Waals surface area contributed by atoms with Crippen molar-refractivity contribution in [2.75, 3.05) is 20.3 Å². The fourth-order valence-electron chi connectivity index (χ4n) is 4.31. The number of hydrogen-bond acceptors (Lipinski definition) is 6. The maximum atomic E-state index is 13.4. The molecule has 0 bridgehead atoms. The molecule has 1 amide bonds. The number of carbonyl (C=O) groups is 2. The second kappa shape index (κ2) is 12.2. The van der Waals surface area contributed by atoms with Crippen LogP contribution in [0.3, 0.4) is 0 Å². The summed E-state index contributed by atoms with van der Waals surface area (Å²) < 4.78 is 25.8. The molecular formula is C30H28FN5O4. The molecule has 5 aromatic rings. The van der Waals surface area contributed by atoms with Gasteiger partial charge in [-0.05, 0) is 67.1 Å². The van der Waals surface area contributed by atoms with Gasteiger partial charge in [-0.3, -0.25) is 19.1 Å². The Morgan fingerprint density at radius 1 is 0.975 bits per heavy atom. The minimum atomic E-state index is -0.403. The van der Waals surface area contributed by atoms with Crippen molar-refractivity contribution in [3.8, 4) is 39.4 Å². The zero-order valence-corrected chi connectivity index (χ0v) is 21.9. The van der Waals surface area contributed by atoms with Crippen molar-refractivity contribution in [2.45, 2.75) is 19.3 Å². The highest BCUT2D eigenvalue weighted by atomic mass is 19.1. The summed E-state index contributed by atoms with van der Waals surface area (Å²) >= 11 is 0. The number of nitrogens with zero attached hydrogens (tertiary/aromatic N) is 3. The van der Waals surface area contributed by atoms with Gasteiger partial charge in [0.15, 0.2) is 0 Å². The number of methoxy groups -OCH3 is 1. The number of ether oxygens (including phenoxy) is 2. The lowest BCUT2D eigenvalue weighted by atomic mass is 10.0. The van der Waals surface area contributed by atoms with Crippen LogP contribution in [0.5, 0.6) is 5.75 Å². The van der Waals surface area contributed by atoms with Crippen LogP contribution in [0.1, 0.15) is 19.3 Å². The first-order valence-corrected chi connectivity index (χ1v) is 12.9. The van der Waals surface area contributed by atoms with E-state index >= 15 is 0 Å². The van der Waals surface area contributed by atoms with Crippen LogP contribution in [0.2, 0.25) is 0 Å². The molecule has 0 aliphatic carbocycles. The molecule has 2 N–H and O–H groups in total. The van der Waals surface area contributed by atoms with Gasteiger partial charge in [-0.25, -0.2) is 9.37 Å². The topological polar surface area (TPSA) is 111 Å². The maximum Gasteiger partial charge on any atom is 0.306 e. The molecule has 0 atom stereocenters. The molecule has 0 unspecified atom stereocenters. The predicted octanol–water partition coefficient (Wildman–Crippen LogP) is 5.04. The minimum Gasteiger partial charge on any atom is -0.494 e. The number of H-pyrrole nitrogens is 1. The average molecular weight is 542 g/mol. The van der Waals surface area contributed by atoms with Crippen molar-refractivity contribution in [3.63, 3.8) is 0 Å². The second-order valence-corrected chi connectivity index (χ2v) is 9.10. The van der Waals surface area contributed by atoms with Crippen LogP contribution in [0.4, 0.5) is 4.39 Å². The summed E-state index contributed by atoms with van der Waals surface area (Å²) in [5.41, 5.74) is 6.10. The first kappa shape index (κ1) is 26.6. The molecule has 0 fully saturated rings. The van der Waals surface area contributed by atoms with E-state index in [1.807, 2.05) is 59.4 Å². The molecule has 0 aliphatic rings. The van der Waals surface area contributed by atoms with Gasteiger partial charge in [0.25, 0.3) is 0 Å². The predicted molar refractivity (Wildman–Crippen MR) is 148 cm³/mol. The van der Waals surface area contributed by atoms with Crippen molar-refractivity contribution >= 4 is 17.5 Å². The molecule has 3 heterocycles. The molecule has 3 aromatic heterocycles. The SMILES string of the molecule is COC(=O)CCC(=O)NCCCOc1ccc(-c2cnc3ccc(-c4c[nH]nc4-c4ccc(F)cc4)cn23)cc1. The normalized spacial score (nSPS) is 10.9. The Morgan fingerprint density at radius 3 is 2.50 bits per heavy atom. The molecule has 0 radical (unpaired) electrons. The molecular weight excluding hydrogens is 513 g/mol. The van der Waals surface area contributed by atoms with Gasteiger partial charge in [-0.15, -0.1) is 0 Å². The number of aromatic amines is 1. The molecule has 5 rings (SSSR count). The van der Waals surface area contributed by atoms with E-state index in [0.717, 1.165) is 45.0 Å². The Labute approximate surface area is 230 Å². The number of aromatic nitrogens is 4. The first-order chi connectivity index (χ1) is 19.5. The smallest absolute Gasteiger partial charge is 0.306 e. The number of amides is 1. The third-order valence-electron chi connectivity index (χ3n) is 6.42. The lowest BCUT2D eigenvalue weighted by Gasteiger charge is -2.09. The average Bonchev–Trinajstić information content (AvgIpc) is 3.64. The van der Waals surface area contributed by atoms with Crippen LogP contribution in [0.15, 0.2) is 79.3 Å². The van der Waals surface area contributed by atoms with Gasteiger partial charge in [0.2, 0.25) is 5.91 Å². The number of pyridine rings is 1. The van der Waals surface area contributed by atoms with Crippen molar-refractivity contribution in [1.29, 1.82) is 0 Å². The van der Waals surface area contributed by atoms with Crippen LogP contribution >= 0.6 is 0 Å². The van der Waals surface area contributed by atoms with Crippen molar-refractivity contribution in [3.05, 3.63) is 85.1 Å². The zero-order valence-electron chi connectivity index (χ0n) is 21.9. The van der Waals surface area contributed by atoms with E-state index in [9.17, 15) is 14.0 Å². The van der Waals surface area contributed by atoms with Crippen LogP contribution < -0.4 is 10.1 Å². The summed E-state index contributed by atoms with van der Waals surface area (Å²) in [4.78, 5) is 27.4. The van der Waals surface area contributed by atoms with Gasteiger partial charge in [0.1, 0.15) is 17.2 Å². The number of esters is 1. The van der Waals surface area contributed by atoms with E-state index < -0.39 is 5.97 Å². The monoisotopic (exact) mass is 541 g/mol. The molecule has 2 aromatic carbocycles. The number of benzene rings is 2. The van der Waals surface area contributed by atoms with Gasteiger partial charge < -0.3 is 14.8 Å². The number of hydrogen-bond donors (Lipinski definition) is 2. The summed E-state index contributed by atoms with van der Waals surface area (Å²) in [5, 5.41) is 10.1.